The predicted octanol–water partition coefficient (Wildman–Crippen LogP) is 4.45. The number of pyridine rings is 1. The molecule has 2 fully saturated rings. The third-order valence-corrected chi connectivity index (χ3v) is 8.06. The van der Waals surface area contributed by atoms with Gasteiger partial charge in [-0.1, -0.05) is 18.6 Å². The number of rotatable bonds is 7. The van der Waals surface area contributed by atoms with Crippen LogP contribution in [0.2, 0.25) is 0 Å². The molecule has 1 amide bonds. The van der Waals surface area contributed by atoms with Crippen LogP contribution in [0.15, 0.2) is 53.8 Å². The number of aromatic nitrogens is 3. The molecule has 3 aliphatic heterocycles. The Kier molecular flexibility index (Phi) is 7.71. The number of dihydropyridines is 1. The molecule has 0 bridgehead atoms. The van der Waals surface area contributed by atoms with Crippen LogP contribution in [0.25, 0.3) is 22.0 Å². The van der Waals surface area contributed by atoms with Crippen molar-refractivity contribution < 1.29 is 13.6 Å². The number of H-pyrrole nitrogens is 1. The van der Waals surface area contributed by atoms with Gasteiger partial charge < -0.3 is 5.32 Å². The third-order valence-electron chi connectivity index (χ3n) is 8.06. The van der Waals surface area contributed by atoms with Crippen molar-refractivity contribution in [2.24, 2.45) is 4.99 Å². The van der Waals surface area contributed by atoms with E-state index in [1.807, 2.05) is 41.3 Å². The van der Waals surface area contributed by atoms with E-state index in [0.717, 1.165) is 52.9 Å². The maximum atomic E-state index is 13.5. The molecule has 10 heteroatoms. The molecule has 3 aromatic rings. The number of nitrogens with zero attached hydrogens (tertiary/aromatic N) is 5. The molecule has 5 heterocycles. The van der Waals surface area contributed by atoms with E-state index in [0.29, 0.717) is 31.9 Å². The zero-order chi connectivity index (χ0) is 27.5. The van der Waals surface area contributed by atoms with Crippen molar-refractivity contribution in [3.05, 3.63) is 60.1 Å². The Bertz CT molecular complexity index is 1420. The van der Waals surface area contributed by atoms with Gasteiger partial charge in [-0.15, -0.1) is 0 Å². The zero-order valence-electron chi connectivity index (χ0n) is 22.6. The number of halogens is 2. The van der Waals surface area contributed by atoms with Crippen LogP contribution in [-0.4, -0.2) is 87.8 Å². The fourth-order valence-corrected chi connectivity index (χ4v) is 5.73. The summed E-state index contributed by atoms with van der Waals surface area (Å²) in [5.74, 6) is -2.81. The summed E-state index contributed by atoms with van der Waals surface area (Å²) in [5, 5.41) is 11.1. The van der Waals surface area contributed by atoms with Gasteiger partial charge in [-0.2, -0.15) is 5.10 Å². The molecule has 2 N–H and O–H groups in total. The van der Waals surface area contributed by atoms with E-state index in [-0.39, 0.29) is 24.8 Å². The van der Waals surface area contributed by atoms with E-state index in [1.54, 1.807) is 12.4 Å². The zero-order valence-corrected chi connectivity index (χ0v) is 22.6. The number of alkyl halides is 2. The second-order valence-electron chi connectivity index (χ2n) is 11.2. The molecule has 1 atom stereocenters. The quantitative estimate of drug-likeness (QED) is 0.456. The van der Waals surface area contributed by atoms with E-state index >= 15 is 0 Å². The molecule has 0 radical (unpaired) electrons. The molecule has 210 valence electrons. The van der Waals surface area contributed by atoms with Crippen LogP contribution in [0.1, 0.15) is 48.2 Å². The number of aromatic amines is 1. The molecule has 40 heavy (non-hydrogen) atoms. The Labute approximate surface area is 232 Å². The second kappa shape index (κ2) is 11.5. The minimum Gasteiger partial charge on any atom is -0.343 e. The molecule has 2 aromatic heterocycles. The van der Waals surface area contributed by atoms with E-state index < -0.39 is 5.92 Å². The van der Waals surface area contributed by atoms with Crippen molar-refractivity contribution in [1.82, 2.24) is 30.3 Å². The van der Waals surface area contributed by atoms with Crippen LogP contribution in [-0.2, 0) is 6.54 Å². The average Bonchev–Trinajstić information content (AvgIpc) is 3.40. The average molecular weight is 548 g/mol. The van der Waals surface area contributed by atoms with Gasteiger partial charge in [-0.25, -0.2) is 8.78 Å². The van der Waals surface area contributed by atoms with Crippen molar-refractivity contribution in [1.29, 1.82) is 0 Å². The molecule has 8 nitrogen and oxygen atoms in total. The molecule has 0 saturated carbocycles. The van der Waals surface area contributed by atoms with Crippen LogP contribution < -0.4 is 5.32 Å². The highest BCUT2D eigenvalue weighted by Gasteiger charge is 2.33. The third kappa shape index (κ3) is 6.28. The molecule has 3 aliphatic rings. The first-order valence-electron chi connectivity index (χ1n) is 14.2. The number of nitrogens with one attached hydrogen (secondary N) is 2. The molecular weight excluding hydrogens is 512 g/mol. The lowest BCUT2D eigenvalue weighted by Gasteiger charge is -2.31. The number of fused-ring (bicyclic) bond motifs is 1. The molecule has 1 unspecified atom stereocenters. The van der Waals surface area contributed by atoms with Crippen molar-refractivity contribution in [2.75, 3.05) is 39.3 Å². The number of carbonyl (C=O) groups excluding carboxylic acids is 1. The summed E-state index contributed by atoms with van der Waals surface area (Å²) in [7, 11) is 0. The second-order valence-corrected chi connectivity index (χ2v) is 11.2. The van der Waals surface area contributed by atoms with Gasteiger partial charge in [0.1, 0.15) is 0 Å². The number of carbonyl (C=O) groups is 1. The Hall–Kier alpha value is -3.50. The number of aliphatic imine (C=N–C) groups is 1. The Balaban J connectivity index is 1.11. The van der Waals surface area contributed by atoms with Gasteiger partial charge in [0.15, 0.2) is 5.69 Å². The first-order valence-corrected chi connectivity index (χ1v) is 14.2. The lowest BCUT2D eigenvalue weighted by molar-refractivity contribution is -0.0566. The summed E-state index contributed by atoms with van der Waals surface area (Å²) < 4.78 is 27.1. The van der Waals surface area contributed by atoms with Gasteiger partial charge in [0.2, 0.25) is 0 Å². The summed E-state index contributed by atoms with van der Waals surface area (Å²) in [6.07, 6.45) is 11.2. The number of piperidine rings is 2. The van der Waals surface area contributed by atoms with Gasteiger partial charge in [-0.3, -0.25) is 29.7 Å². The van der Waals surface area contributed by atoms with Gasteiger partial charge >= 0.3 is 0 Å². The minimum atomic E-state index is -2.56. The lowest BCUT2D eigenvalue weighted by Crippen LogP contribution is -2.39. The van der Waals surface area contributed by atoms with Gasteiger partial charge in [0, 0.05) is 68.1 Å². The van der Waals surface area contributed by atoms with Crippen LogP contribution in [0, 0.1) is 0 Å². The smallest absolute Gasteiger partial charge is 0.272 e. The van der Waals surface area contributed by atoms with Crippen molar-refractivity contribution in [3.63, 3.8) is 0 Å². The number of hydrogen-bond acceptors (Lipinski definition) is 6. The topological polar surface area (TPSA) is 89.5 Å². The largest absolute Gasteiger partial charge is 0.343 e. The lowest BCUT2D eigenvalue weighted by atomic mass is 10.0. The van der Waals surface area contributed by atoms with Gasteiger partial charge in [0.25, 0.3) is 11.8 Å². The van der Waals surface area contributed by atoms with Crippen molar-refractivity contribution >= 4 is 22.5 Å². The van der Waals surface area contributed by atoms with Crippen LogP contribution in [0.3, 0.4) is 0 Å². The van der Waals surface area contributed by atoms with E-state index in [1.165, 1.54) is 19.3 Å². The standard InChI is InChI=1S/C30H35F2N7O/c31-30(32)8-12-39(13-9-30)19-21-14-23(17-33-16-21)22-4-7-27-26(15-22)28(37-36-27)29(40)35-24-5-6-25(34-18-24)20-38-10-2-1-3-11-38/h4-7,14-17,24H,1-3,8-13,18-20H2,(H,35,40)(H,36,37). The highest BCUT2D eigenvalue weighted by atomic mass is 19.3. The Morgan fingerprint density at radius 2 is 1.80 bits per heavy atom. The molecule has 0 spiro atoms. The predicted molar refractivity (Wildman–Crippen MR) is 152 cm³/mol. The number of benzene rings is 1. The number of amides is 1. The molecule has 1 aromatic carbocycles. The first kappa shape index (κ1) is 26.7. The van der Waals surface area contributed by atoms with Crippen molar-refractivity contribution in [2.45, 2.75) is 50.6 Å². The summed E-state index contributed by atoms with van der Waals surface area (Å²) >= 11 is 0. The van der Waals surface area contributed by atoms with Gasteiger partial charge in [-0.05, 0) is 61.3 Å². The van der Waals surface area contributed by atoms with Gasteiger partial charge in [0.05, 0.1) is 18.1 Å². The summed E-state index contributed by atoms with van der Waals surface area (Å²) in [6, 6.07) is 7.68. The summed E-state index contributed by atoms with van der Waals surface area (Å²) in [5.41, 5.74) is 4.96. The maximum absolute atomic E-state index is 13.5. The first-order chi connectivity index (χ1) is 19.4. The van der Waals surface area contributed by atoms with Crippen LogP contribution >= 0.6 is 0 Å². The molecule has 0 aliphatic carbocycles. The molecule has 2 saturated heterocycles. The minimum absolute atomic E-state index is 0.106. The summed E-state index contributed by atoms with van der Waals surface area (Å²) in [6.45, 7) is 4.97. The van der Waals surface area contributed by atoms with E-state index in [9.17, 15) is 13.6 Å². The number of hydrogen-bond donors (Lipinski definition) is 2. The van der Waals surface area contributed by atoms with E-state index in [2.05, 4.69) is 25.4 Å². The maximum Gasteiger partial charge on any atom is 0.272 e. The van der Waals surface area contributed by atoms with Crippen LogP contribution in [0.5, 0.6) is 0 Å². The molecule has 6 rings (SSSR count). The fraction of sp³-hybridized carbons (Fsp3) is 0.467. The van der Waals surface area contributed by atoms with Crippen LogP contribution in [0.4, 0.5) is 8.78 Å². The Morgan fingerprint density at radius 1 is 1.00 bits per heavy atom. The van der Waals surface area contributed by atoms with Crippen molar-refractivity contribution in [3.8, 4) is 11.1 Å². The normalized spacial score (nSPS) is 21.9. The highest BCUT2D eigenvalue weighted by Crippen LogP contribution is 2.29. The summed E-state index contributed by atoms with van der Waals surface area (Å²) in [4.78, 5) is 26.8. The molecular formula is C30H35F2N7O. The monoisotopic (exact) mass is 547 g/mol. The fourth-order valence-electron chi connectivity index (χ4n) is 5.73. The number of likely N-dealkylation sites (tertiary alicyclic amines) is 2. The SMILES string of the molecule is O=C(NC1C=CC(CN2CCCCC2)=NC1)c1n[nH]c2ccc(-c3cncc(CN4CCC(F)(F)CC4)c3)cc12. The Morgan fingerprint density at radius 3 is 2.58 bits per heavy atom. The van der Waals surface area contributed by atoms with E-state index in [4.69, 9.17) is 4.99 Å². The highest BCUT2D eigenvalue weighted by molar-refractivity contribution is 6.06.